The lowest BCUT2D eigenvalue weighted by Gasteiger charge is -2.35. The molecule has 1 aromatic rings. The molecule has 0 atom stereocenters. The Morgan fingerprint density at radius 2 is 2.43 bits per heavy atom. The summed E-state index contributed by atoms with van der Waals surface area (Å²) in [5, 5.41) is 4.01. The van der Waals surface area contributed by atoms with E-state index in [0.29, 0.717) is 6.04 Å². The maximum absolute atomic E-state index is 5.88. The van der Waals surface area contributed by atoms with Crippen LogP contribution in [0.1, 0.15) is 5.69 Å². The van der Waals surface area contributed by atoms with Gasteiger partial charge in [0.25, 0.3) is 0 Å². The van der Waals surface area contributed by atoms with E-state index in [0.717, 1.165) is 30.4 Å². The molecule has 4 heteroatoms. The third-order valence-corrected chi connectivity index (χ3v) is 2.81. The fraction of sp³-hybridized carbons (Fsp3) is 0.500. The Kier molecular flexibility index (Phi) is 3.01. The molecule has 1 aliphatic heterocycles. The minimum absolute atomic E-state index is 0.649. The van der Waals surface area contributed by atoms with Gasteiger partial charge in [-0.25, -0.2) is 0 Å². The van der Waals surface area contributed by atoms with Crippen LogP contribution in [0.3, 0.4) is 0 Å². The number of nitrogens with zero attached hydrogens (tertiary/aromatic N) is 2. The molecule has 0 saturated carbocycles. The maximum Gasteiger partial charge on any atom is 0.0558 e. The van der Waals surface area contributed by atoms with Crippen molar-refractivity contribution in [3.63, 3.8) is 0 Å². The van der Waals surface area contributed by atoms with Crippen molar-refractivity contribution >= 4 is 11.6 Å². The topological polar surface area (TPSA) is 28.2 Å². The van der Waals surface area contributed by atoms with E-state index < -0.39 is 0 Å². The fourth-order valence-corrected chi connectivity index (χ4v) is 1.69. The van der Waals surface area contributed by atoms with Gasteiger partial charge in [0.05, 0.1) is 5.69 Å². The third-order valence-electron chi connectivity index (χ3n) is 2.57. The molecule has 1 fully saturated rings. The largest absolute Gasteiger partial charge is 0.314 e. The van der Waals surface area contributed by atoms with Crippen LogP contribution in [-0.2, 0) is 6.54 Å². The lowest BCUT2D eigenvalue weighted by molar-refractivity contribution is 0.171. The van der Waals surface area contributed by atoms with Crippen molar-refractivity contribution in [2.45, 2.75) is 12.6 Å². The van der Waals surface area contributed by atoms with Crippen molar-refractivity contribution in [1.29, 1.82) is 0 Å². The smallest absolute Gasteiger partial charge is 0.0558 e. The summed E-state index contributed by atoms with van der Waals surface area (Å²) < 4.78 is 0. The SMILES string of the molecule is CN(Cc1cc(Cl)ccn1)C1CNC1. The van der Waals surface area contributed by atoms with Gasteiger partial charge in [-0.3, -0.25) is 9.88 Å². The first-order valence-corrected chi connectivity index (χ1v) is 5.15. The highest BCUT2D eigenvalue weighted by Crippen LogP contribution is 2.11. The van der Waals surface area contributed by atoms with Crippen LogP contribution >= 0.6 is 11.6 Å². The lowest BCUT2D eigenvalue weighted by Crippen LogP contribution is -2.55. The number of halogens is 1. The van der Waals surface area contributed by atoms with Crippen molar-refractivity contribution in [3.05, 3.63) is 29.0 Å². The van der Waals surface area contributed by atoms with E-state index in [-0.39, 0.29) is 0 Å². The van der Waals surface area contributed by atoms with Crippen molar-refractivity contribution in [1.82, 2.24) is 15.2 Å². The summed E-state index contributed by atoms with van der Waals surface area (Å²) in [6, 6.07) is 4.37. The van der Waals surface area contributed by atoms with Crippen LogP contribution < -0.4 is 5.32 Å². The second-order valence-electron chi connectivity index (χ2n) is 3.69. The molecular formula is C10H14ClN3. The van der Waals surface area contributed by atoms with Gasteiger partial charge >= 0.3 is 0 Å². The molecule has 0 spiro atoms. The van der Waals surface area contributed by atoms with Gasteiger partial charge in [0, 0.05) is 36.9 Å². The van der Waals surface area contributed by atoms with E-state index >= 15 is 0 Å². The summed E-state index contributed by atoms with van der Waals surface area (Å²) in [4.78, 5) is 6.57. The monoisotopic (exact) mass is 211 g/mol. The third kappa shape index (κ3) is 2.23. The molecule has 2 rings (SSSR count). The Balaban J connectivity index is 1.95. The van der Waals surface area contributed by atoms with Crippen molar-refractivity contribution in [2.75, 3.05) is 20.1 Å². The Morgan fingerprint density at radius 3 is 3.00 bits per heavy atom. The maximum atomic E-state index is 5.88. The van der Waals surface area contributed by atoms with Gasteiger partial charge in [0.2, 0.25) is 0 Å². The van der Waals surface area contributed by atoms with Crippen LogP contribution in [0, 0.1) is 0 Å². The van der Waals surface area contributed by atoms with Gasteiger partial charge in [-0.2, -0.15) is 0 Å². The van der Waals surface area contributed by atoms with Crippen LogP contribution in [0.4, 0.5) is 0 Å². The van der Waals surface area contributed by atoms with Gasteiger partial charge in [0.1, 0.15) is 0 Å². The molecule has 0 radical (unpaired) electrons. The Morgan fingerprint density at radius 1 is 1.64 bits per heavy atom. The average Bonchev–Trinajstić information content (AvgIpc) is 1.99. The van der Waals surface area contributed by atoms with Gasteiger partial charge in [0.15, 0.2) is 0 Å². The minimum atomic E-state index is 0.649. The molecule has 1 aliphatic rings. The van der Waals surface area contributed by atoms with Gasteiger partial charge in [-0.15, -0.1) is 0 Å². The van der Waals surface area contributed by atoms with Gasteiger partial charge in [-0.1, -0.05) is 11.6 Å². The number of hydrogen-bond donors (Lipinski definition) is 1. The normalized spacial score (nSPS) is 17.1. The molecule has 0 bridgehead atoms. The highest BCUT2D eigenvalue weighted by Gasteiger charge is 2.21. The average molecular weight is 212 g/mol. The van der Waals surface area contributed by atoms with Crippen LogP contribution in [0.5, 0.6) is 0 Å². The summed E-state index contributed by atoms with van der Waals surface area (Å²) in [6.07, 6.45) is 1.75. The molecular weight excluding hydrogens is 198 g/mol. The molecule has 14 heavy (non-hydrogen) atoms. The molecule has 3 nitrogen and oxygen atoms in total. The molecule has 1 aromatic heterocycles. The number of hydrogen-bond acceptors (Lipinski definition) is 3. The van der Waals surface area contributed by atoms with E-state index in [4.69, 9.17) is 11.6 Å². The quantitative estimate of drug-likeness (QED) is 0.813. The Labute approximate surface area is 89.1 Å². The number of likely N-dealkylation sites (N-methyl/N-ethyl adjacent to an activating group) is 1. The van der Waals surface area contributed by atoms with Crippen molar-refractivity contribution in [3.8, 4) is 0 Å². The molecule has 2 heterocycles. The van der Waals surface area contributed by atoms with Crippen molar-refractivity contribution in [2.24, 2.45) is 0 Å². The summed E-state index contributed by atoms with van der Waals surface area (Å²) in [5.74, 6) is 0. The number of rotatable bonds is 3. The fourth-order valence-electron chi connectivity index (χ4n) is 1.50. The van der Waals surface area contributed by atoms with Crippen LogP contribution in [0.15, 0.2) is 18.3 Å². The van der Waals surface area contributed by atoms with E-state index in [1.807, 2.05) is 6.07 Å². The van der Waals surface area contributed by atoms with E-state index in [1.165, 1.54) is 0 Å². The Hall–Kier alpha value is -0.640. The minimum Gasteiger partial charge on any atom is -0.314 e. The molecule has 0 aromatic carbocycles. The van der Waals surface area contributed by atoms with Crippen LogP contribution in [-0.4, -0.2) is 36.1 Å². The standard InChI is InChI=1S/C10H14ClN3/c1-14(10-5-12-6-10)7-9-4-8(11)2-3-13-9/h2-4,10,12H,5-7H2,1H3. The highest BCUT2D eigenvalue weighted by atomic mass is 35.5. The lowest BCUT2D eigenvalue weighted by atomic mass is 10.1. The van der Waals surface area contributed by atoms with E-state index in [9.17, 15) is 0 Å². The number of aromatic nitrogens is 1. The molecule has 0 unspecified atom stereocenters. The second-order valence-corrected chi connectivity index (χ2v) is 4.13. The zero-order chi connectivity index (χ0) is 9.97. The second kappa shape index (κ2) is 4.26. The summed E-state index contributed by atoms with van der Waals surface area (Å²) in [7, 11) is 2.12. The number of nitrogens with one attached hydrogen (secondary N) is 1. The molecule has 1 N–H and O–H groups in total. The number of pyridine rings is 1. The van der Waals surface area contributed by atoms with Crippen molar-refractivity contribution < 1.29 is 0 Å². The zero-order valence-corrected chi connectivity index (χ0v) is 8.96. The molecule has 0 amide bonds. The highest BCUT2D eigenvalue weighted by molar-refractivity contribution is 6.30. The molecule has 1 saturated heterocycles. The predicted molar refractivity (Wildman–Crippen MR) is 57.4 cm³/mol. The molecule has 76 valence electrons. The van der Waals surface area contributed by atoms with E-state index in [1.54, 1.807) is 12.3 Å². The zero-order valence-electron chi connectivity index (χ0n) is 8.20. The predicted octanol–water partition coefficient (Wildman–Crippen LogP) is 1.14. The van der Waals surface area contributed by atoms with Gasteiger partial charge in [-0.05, 0) is 19.2 Å². The van der Waals surface area contributed by atoms with Crippen LogP contribution in [0.2, 0.25) is 5.02 Å². The Bertz CT molecular complexity index is 312. The first-order valence-electron chi connectivity index (χ1n) is 4.77. The van der Waals surface area contributed by atoms with Gasteiger partial charge < -0.3 is 5.32 Å². The first-order chi connectivity index (χ1) is 6.75. The summed E-state index contributed by atoms with van der Waals surface area (Å²) >= 11 is 5.88. The first kappa shape index (κ1) is 9.90. The van der Waals surface area contributed by atoms with E-state index in [2.05, 4.69) is 22.2 Å². The summed E-state index contributed by atoms with van der Waals surface area (Å²) in [5.41, 5.74) is 1.03. The summed E-state index contributed by atoms with van der Waals surface area (Å²) in [6.45, 7) is 3.03. The van der Waals surface area contributed by atoms with Crippen LogP contribution in [0.25, 0.3) is 0 Å². The molecule has 0 aliphatic carbocycles.